The Bertz CT molecular complexity index is 471. The van der Waals surface area contributed by atoms with E-state index in [1.54, 1.807) is 6.92 Å². The molecule has 0 saturated heterocycles. The molecule has 0 unspecified atom stereocenters. The van der Waals surface area contributed by atoms with Crippen LogP contribution in [0.15, 0.2) is 0 Å². The number of rotatable bonds is 7. The first-order chi connectivity index (χ1) is 9.49. The molecule has 20 heavy (non-hydrogen) atoms. The van der Waals surface area contributed by atoms with Crippen molar-refractivity contribution in [3.63, 3.8) is 0 Å². The van der Waals surface area contributed by atoms with Crippen LogP contribution in [0.25, 0.3) is 0 Å². The highest BCUT2D eigenvalue weighted by molar-refractivity contribution is 7.13. The lowest BCUT2D eigenvalue weighted by atomic mass is 10.4. The van der Waals surface area contributed by atoms with Gasteiger partial charge in [-0.2, -0.15) is 0 Å². The molecule has 0 spiro atoms. The molecule has 0 radical (unpaired) electrons. The van der Waals surface area contributed by atoms with Gasteiger partial charge in [0.15, 0.2) is 0 Å². The monoisotopic (exact) mass is 303 g/mol. The molecule has 112 valence electrons. The second-order valence-corrected chi connectivity index (χ2v) is 5.00. The fraction of sp³-hybridized carbons (Fsp3) is 0.545. The van der Waals surface area contributed by atoms with Crippen molar-refractivity contribution in [3.05, 3.63) is 15.6 Å². The maximum atomic E-state index is 11.8. The first-order valence-corrected chi connectivity index (χ1v) is 6.75. The highest BCUT2D eigenvalue weighted by atomic mass is 32.1. The Morgan fingerprint density at radius 3 is 2.35 bits per heavy atom. The number of urea groups is 1. The van der Waals surface area contributed by atoms with E-state index in [4.69, 9.17) is 15.3 Å². The van der Waals surface area contributed by atoms with Crippen LogP contribution in [0.1, 0.15) is 20.4 Å². The molecule has 0 atom stereocenters. The Morgan fingerprint density at radius 2 is 1.90 bits per heavy atom. The summed E-state index contributed by atoms with van der Waals surface area (Å²) in [4.78, 5) is 28.1. The van der Waals surface area contributed by atoms with E-state index in [-0.39, 0.29) is 37.7 Å². The van der Waals surface area contributed by atoms with Crippen LogP contribution in [0, 0.1) is 6.92 Å². The number of nitrogens with zero attached hydrogens (tertiary/aromatic N) is 2. The molecule has 8 nitrogen and oxygen atoms in total. The van der Waals surface area contributed by atoms with Crippen molar-refractivity contribution in [1.29, 1.82) is 0 Å². The van der Waals surface area contributed by atoms with Crippen LogP contribution >= 0.6 is 11.3 Å². The van der Waals surface area contributed by atoms with Crippen LogP contribution in [0.5, 0.6) is 0 Å². The second kappa shape index (κ2) is 7.78. The Hall–Kier alpha value is -1.71. The molecule has 0 fully saturated rings. The molecule has 1 rings (SSSR count). The lowest BCUT2D eigenvalue weighted by Gasteiger charge is -2.20. The molecule has 0 aromatic carbocycles. The first-order valence-electron chi connectivity index (χ1n) is 5.93. The van der Waals surface area contributed by atoms with Crippen molar-refractivity contribution in [3.8, 4) is 0 Å². The fourth-order valence-electron chi connectivity index (χ4n) is 1.55. The zero-order chi connectivity index (χ0) is 15.1. The zero-order valence-corrected chi connectivity index (χ0v) is 11.8. The third kappa shape index (κ3) is 4.44. The minimum Gasteiger partial charge on any atom is -0.477 e. The summed E-state index contributed by atoms with van der Waals surface area (Å²) in [5, 5.41) is 29.6. The number of carbonyl (C=O) groups is 2. The third-order valence-electron chi connectivity index (χ3n) is 2.45. The van der Waals surface area contributed by atoms with Gasteiger partial charge in [0.2, 0.25) is 0 Å². The summed E-state index contributed by atoms with van der Waals surface area (Å²) in [6, 6.07) is -0.446. The Balaban J connectivity index is 2.59. The van der Waals surface area contributed by atoms with Gasteiger partial charge in [-0.05, 0) is 6.92 Å². The summed E-state index contributed by atoms with van der Waals surface area (Å²) < 4.78 is 0. The van der Waals surface area contributed by atoms with E-state index in [1.165, 1.54) is 4.90 Å². The van der Waals surface area contributed by atoms with Crippen LogP contribution in [0.2, 0.25) is 0 Å². The number of carboxylic acid groups (broad SMARTS) is 1. The quantitative estimate of drug-likeness (QED) is 0.546. The molecule has 0 aliphatic heterocycles. The van der Waals surface area contributed by atoms with Crippen LogP contribution in [-0.2, 0) is 6.54 Å². The molecule has 1 heterocycles. The van der Waals surface area contributed by atoms with Gasteiger partial charge < -0.3 is 25.5 Å². The Kier molecular flexibility index (Phi) is 6.36. The van der Waals surface area contributed by atoms with E-state index in [1.807, 2.05) is 0 Å². The van der Waals surface area contributed by atoms with Crippen LogP contribution in [-0.4, -0.2) is 63.5 Å². The lowest BCUT2D eigenvalue weighted by Crippen LogP contribution is -2.42. The number of hydrogen-bond donors (Lipinski definition) is 4. The van der Waals surface area contributed by atoms with E-state index in [9.17, 15) is 9.59 Å². The molecule has 2 amide bonds. The van der Waals surface area contributed by atoms with E-state index >= 15 is 0 Å². The molecule has 0 aliphatic carbocycles. The van der Waals surface area contributed by atoms with E-state index in [2.05, 4.69) is 10.3 Å². The van der Waals surface area contributed by atoms with Crippen molar-refractivity contribution in [2.24, 2.45) is 0 Å². The maximum Gasteiger partial charge on any atom is 0.347 e. The van der Waals surface area contributed by atoms with Gasteiger partial charge in [-0.25, -0.2) is 14.6 Å². The van der Waals surface area contributed by atoms with Crippen LogP contribution in [0.3, 0.4) is 0 Å². The van der Waals surface area contributed by atoms with Gasteiger partial charge >= 0.3 is 12.0 Å². The van der Waals surface area contributed by atoms with E-state index < -0.39 is 12.0 Å². The summed E-state index contributed by atoms with van der Waals surface area (Å²) in [5.74, 6) is -1.04. The maximum absolute atomic E-state index is 11.8. The summed E-state index contributed by atoms with van der Waals surface area (Å²) in [7, 11) is 0. The number of aryl methyl sites for hydroxylation is 1. The summed E-state index contributed by atoms with van der Waals surface area (Å²) in [6.45, 7) is 1.52. The van der Waals surface area contributed by atoms with Crippen LogP contribution in [0.4, 0.5) is 4.79 Å². The minimum absolute atomic E-state index is 0.102. The SMILES string of the molecule is Cc1nc(CNC(=O)N(CCO)CCO)sc1C(=O)O. The fourth-order valence-corrected chi connectivity index (χ4v) is 2.39. The second-order valence-electron chi connectivity index (χ2n) is 3.92. The molecule has 1 aromatic heterocycles. The standard InChI is InChI=1S/C11H17N3O5S/c1-7-9(10(17)18)20-8(13-7)6-12-11(19)14(2-4-15)3-5-16/h15-16H,2-6H2,1H3,(H,12,19)(H,17,18). The number of aromatic nitrogens is 1. The van der Waals surface area contributed by atoms with Crippen molar-refractivity contribution >= 4 is 23.3 Å². The highest BCUT2D eigenvalue weighted by Crippen LogP contribution is 2.17. The van der Waals surface area contributed by atoms with Crippen LogP contribution < -0.4 is 5.32 Å². The molecule has 0 aliphatic rings. The lowest BCUT2D eigenvalue weighted by molar-refractivity contribution is 0.0701. The number of aliphatic hydroxyl groups is 2. The number of carbonyl (C=O) groups excluding carboxylic acids is 1. The molecular weight excluding hydrogens is 286 g/mol. The molecular formula is C11H17N3O5S. The number of hydrogen-bond acceptors (Lipinski definition) is 6. The number of amides is 2. The number of aliphatic hydroxyl groups excluding tert-OH is 2. The van der Waals surface area contributed by atoms with Crippen molar-refractivity contribution in [2.75, 3.05) is 26.3 Å². The van der Waals surface area contributed by atoms with Gasteiger partial charge in [0.25, 0.3) is 0 Å². The molecule has 9 heteroatoms. The molecule has 4 N–H and O–H groups in total. The predicted octanol–water partition coefficient (Wildman–Crippen LogP) is -0.354. The topological polar surface area (TPSA) is 123 Å². The van der Waals surface area contributed by atoms with Crippen molar-refractivity contribution in [2.45, 2.75) is 13.5 Å². The first kappa shape index (κ1) is 16.3. The number of aromatic carboxylic acids is 1. The van der Waals surface area contributed by atoms with Gasteiger partial charge in [-0.3, -0.25) is 0 Å². The smallest absolute Gasteiger partial charge is 0.347 e. The van der Waals surface area contributed by atoms with Crippen molar-refractivity contribution < 1.29 is 24.9 Å². The van der Waals surface area contributed by atoms with Gasteiger partial charge in [0, 0.05) is 13.1 Å². The van der Waals surface area contributed by atoms with E-state index in [0.29, 0.717) is 10.7 Å². The third-order valence-corrected chi connectivity index (χ3v) is 3.60. The van der Waals surface area contributed by atoms with Gasteiger partial charge in [0.1, 0.15) is 9.88 Å². The number of carboxylic acids is 1. The largest absolute Gasteiger partial charge is 0.477 e. The number of nitrogens with one attached hydrogen (secondary N) is 1. The van der Waals surface area contributed by atoms with Gasteiger partial charge in [-0.1, -0.05) is 0 Å². The van der Waals surface area contributed by atoms with E-state index in [0.717, 1.165) is 11.3 Å². The van der Waals surface area contributed by atoms with Crippen molar-refractivity contribution in [1.82, 2.24) is 15.2 Å². The molecule has 1 aromatic rings. The predicted molar refractivity (Wildman–Crippen MR) is 71.8 cm³/mol. The number of thiazole rings is 1. The molecule has 0 bridgehead atoms. The average Bonchev–Trinajstić information content (AvgIpc) is 2.77. The van der Waals surface area contributed by atoms with Gasteiger partial charge in [-0.15, -0.1) is 11.3 Å². The summed E-state index contributed by atoms with van der Waals surface area (Å²) in [6.07, 6.45) is 0. The highest BCUT2D eigenvalue weighted by Gasteiger charge is 2.16. The molecule has 0 saturated carbocycles. The Morgan fingerprint density at radius 1 is 1.30 bits per heavy atom. The zero-order valence-electron chi connectivity index (χ0n) is 11.0. The normalized spacial score (nSPS) is 10.3. The van der Waals surface area contributed by atoms with Gasteiger partial charge in [0.05, 0.1) is 25.5 Å². The summed E-state index contributed by atoms with van der Waals surface area (Å²) in [5.41, 5.74) is 0.411. The Labute approximate surface area is 119 Å². The minimum atomic E-state index is -1.04. The average molecular weight is 303 g/mol. The summed E-state index contributed by atoms with van der Waals surface area (Å²) >= 11 is 1.01.